The molecule has 0 saturated heterocycles. The number of sulfone groups is 1. The van der Waals surface area contributed by atoms with Crippen molar-refractivity contribution >= 4 is 15.6 Å². The standard InChI is InChI=1S/C12H11F3O3S/c13-12(14,15)9-2-1-3-10(6-9)19(17,18)7-11(16)8-4-5-8/h1-3,6,8H,4-5,7H2. The van der Waals surface area contributed by atoms with Crippen LogP contribution in [-0.2, 0) is 20.8 Å². The topological polar surface area (TPSA) is 51.2 Å². The van der Waals surface area contributed by atoms with Gasteiger partial charge >= 0.3 is 6.18 Å². The molecule has 1 aromatic rings. The molecule has 0 radical (unpaired) electrons. The number of rotatable bonds is 4. The maximum atomic E-state index is 12.5. The lowest BCUT2D eigenvalue weighted by Gasteiger charge is -2.09. The average Bonchev–Trinajstić information content (AvgIpc) is 3.11. The van der Waals surface area contributed by atoms with Crippen LogP contribution in [0.4, 0.5) is 13.2 Å². The van der Waals surface area contributed by atoms with E-state index in [1.807, 2.05) is 0 Å². The van der Waals surface area contributed by atoms with Crippen LogP contribution in [0.5, 0.6) is 0 Å². The summed E-state index contributed by atoms with van der Waals surface area (Å²) in [5.41, 5.74) is -1.03. The van der Waals surface area contributed by atoms with Crippen LogP contribution in [0.1, 0.15) is 18.4 Å². The average molecular weight is 292 g/mol. The smallest absolute Gasteiger partial charge is 0.298 e. The van der Waals surface area contributed by atoms with Crippen LogP contribution < -0.4 is 0 Å². The number of halogens is 3. The van der Waals surface area contributed by atoms with E-state index < -0.39 is 38.0 Å². The van der Waals surface area contributed by atoms with Crippen LogP contribution in [0.15, 0.2) is 29.2 Å². The summed E-state index contributed by atoms with van der Waals surface area (Å²) in [4.78, 5) is 11.0. The molecule has 1 aromatic carbocycles. The highest BCUT2D eigenvalue weighted by atomic mass is 32.2. The summed E-state index contributed by atoms with van der Waals surface area (Å²) < 4.78 is 61.2. The Hall–Kier alpha value is -1.37. The molecule has 3 nitrogen and oxygen atoms in total. The third-order valence-electron chi connectivity index (χ3n) is 2.89. The van der Waals surface area contributed by atoms with E-state index in [0.717, 1.165) is 18.2 Å². The second-order valence-electron chi connectivity index (χ2n) is 4.53. The van der Waals surface area contributed by atoms with Gasteiger partial charge in [-0.3, -0.25) is 4.79 Å². The molecule has 0 bridgehead atoms. The van der Waals surface area contributed by atoms with Gasteiger partial charge in [-0.05, 0) is 31.0 Å². The summed E-state index contributed by atoms with van der Waals surface area (Å²) >= 11 is 0. The van der Waals surface area contributed by atoms with Gasteiger partial charge in [0, 0.05) is 5.92 Å². The zero-order chi connectivity index (χ0) is 14.3. The number of carbonyl (C=O) groups excluding carboxylic acids is 1. The lowest BCUT2D eigenvalue weighted by Crippen LogP contribution is -2.18. The van der Waals surface area contributed by atoms with Crippen molar-refractivity contribution in [3.05, 3.63) is 29.8 Å². The first-order valence-corrected chi connectivity index (χ1v) is 7.28. The molecule has 0 amide bonds. The van der Waals surface area contributed by atoms with Crippen molar-refractivity contribution in [2.75, 3.05) is 5.75 Å². The maximum Gasteiger partial charge on any atom is 0.416 e. The lowest BCUT2D eigenvalue weighted by atomic mass is 10.2. The molecule has 104 valence electrons. The van der Waals surface area contributed by atoms with Gasteiger partial charge in [0.1, 0.15) is 5.75 Å². The molecule has 2 rings (SSSR count). The van der Waals surface area contributed by atoms with Crippen LogP contribution in [0, 0.1) is 5.92 Å². The quantitative estimate of drug-likeness (QED) is 0.856. The van der Waals surface area contributed by atoms with Gasteiger partial charge in [0.25, 0.3) is 0 Å². The number of carbonyl (C=O) groups is 1. The van der Waals surface area contributed by atoms with Crippen molar-refractivity contribution in [2.24, 2.45) is 5.92 Å². The van der Waals surface area contributed by atoms with E-state index in [-0.39, 0.29) is 5.92 Å². The summed E-state index contributed by atoms with van der Waals surface area (Å²) in [6.45, 7) is 0. The molecule has 1 aliphatic rings. The normalized spacial score (nSPS) is 16.4. The van der Waals surface area contributed by atoms with E-state index in [4.69, 9.17) is 0 Å². The van der Waals surface area contributed by atoms with Crippen LogP contribution in [-0.4, -0.2) is 20.0 Å². The molecule has 1 aliphatic carbocycles. The van der Waals surface area contributed by atoms with Gasteiger partial charge in [-0.2, -0.15) is 13.2 Å². The highest BCUT2D eigenvalue weighted by Crippen LogP contribution is 2.32. The lowest BCUT2D eigenvalue weighted by molar-refractivity contribution is -0.137. The number of alkyl halides is 3. The number of hydrogen-bond acceptors (Lipinski definition) is 3. The third kappa shape index (κ3) is 3.34. The molecular formula is C12H11F3O3S. The summed E-state index contributed by atoms with van der Waals surface area (Å²) in [5, 5.41) is 0. The fourth-order valence-electron chi connectivity index (χ4n) is 1.66. The molecule has 7 heteroatoms. The zero-order valence-corrected chi connectivity index (χ0v) is 10.6. The summed E-state index contributed by atoms with van der Waals surface area (Å²) in [7, 11) is -4.00. The highest BCUT2D eigenvalue weighted by Gasteiger charge is 2.35. The maximum absolute atomic E-state index is 12.5. The molecule has 0 N–H and O–H groups in total. The van der Waals surface area contributed by atoms with Crippen molar-refractivity contribution in [2.45, 2.75) is 23.9 Å². The van der Waals surface area contributed by atoms with Crippen LogP contribution >= 0.6 is 0 Å². The molecule has 1 saturated carbocycles. The summed E-state index contributed by atoms with van der Waals surface area (Å²) in [6, 6.07) is 3.46. The zero-order valence-electron chi connectivity index (χ0n) is 9.77. The van der Waals surface area contributed by atoms with Gasteiger partial charge < -0.3 is 0 Å². The van der Waals surface area contributed by atoms with E-state index in [1.165, 1.54) is 0 Å². The Morgan fingerprint density at radius 3 is 2.42 bits per heavy atom. The molecule has 0 aliphatic heterocycles. The molecule has 0 atom stereocenters. The van der Waals surface area contributed by atoms with Crippen LogP contribution in [0.2, 0.25) is 0 Å². The van der Waals surface area contributed by atoms with E-state index in [1.54, 1.807) is 0 Å². The monoisotopic (exact) mass is 292 g/mol. The van der Waals surface area contributed by atoms with Crippen molar-refractivity contribution < 1.29 is 26.4 Å². The third-order valence-corrected chi connectivity index (χ3v) is 4.52. The number of benzene rings is 1. The van der Waals surface area contributed by atoms with Gasteiger partial charge in [-0.25, -0.2) is 8.42 Å². The molecule has 0 spiro atoms. The molecule has 0 heterocycles. The predicted molar refractivity (Wildman–Crippen MR) is 61.2 cm³/mol. The first kappa shape index (κ1) is 14.0. The molecule has 0 aromatic heterocycles. The van der Waals surface area contributed by atoms with Gasteiger partial charge in [0.05, 0.1) is 10.5 Å². The summed E-state index contributed by atoms with van der Waals surface area (Å²) in [6.07, 6.45) is -3.28. The van der Waals surface area contributed by atoms with Crippen molar-refractivity contribution in [3.63, 3.8) is 0 Å². The number of hydrogen-bond donors (Lipinski definition) is 0. The van der Waals surface area contributed by atoms with Gasteiger partial charge in [0.15, 0.2) is 15.6 Å². The molecule has 19 heavy (non-hydrogen) atoms. The Morgan fingerprint density at radius 2 is 1.89 bits per heavy atom. The molecule has 0 unspecified atom stereocenters. The SMILES string of the molecule is O=C(CS(=O)(=O)c1cccc(C(F)(F)F)c1)C1CC1. The summed E-state index contributed by atoms with van der Waals surface area (Å²) in [5.74, 6) is -1.38. The van der Waals surface area contributed by atoms with E-state index in [0.29, 0.717) is 18.9 Å². The fraction of sp³-hybridized carbons (Fsp3) is 0.417. The van der Waals surface area contributed by atoms with Gasteiger partial charge in [0.2, 0.25) is 0 Å². The Balaban J connectivity index is 2.27. The van der Waals surface area contributed by atoms with E-state index in [2.05, 4.69) is 0 Å². The highest BCUT2D eigenvalue weighted by molar-refractivity contribution is 7.92. The minimum Gasteiger partial charge on any atom is -0.298 e. The Bertz CT molecular complexity index is 601. The van der Waals surface area contributed by atoms with Crippen molar-refractivity contribution in [1.29, 1.82) is 0 Å². The van der Waals surface area contributed by atoms with Crippen LogP contribution in [0.3, 0.4) is 0 Å². The number of Topliss-reactive ketones (excluding diaryl/α,β-unsaturated/α-hetero) is 1. The molecular weight excluding hydrogens is 281 g/mol. The number of ketones is 1. The Morgan fingerprint density at radius 1 is 1.26 bits per heavy atom. The van der Waals surface area contributed by atoms with Crippen molar-refractivity contribution in [1.82, 2.24) is 0 Å². The van der Waals surface area contributed by atoms with Crippen molar-refractivity contribution in [3.8, 4) is 0 Å². The fourth-order valence-corrected chi connectivity index (χ4v) is 3.03. The first-order valence-electron chi connectivity index (χ1n) is 5.63. The molecule has 1 fully saturated rings. The van der Waals surface area contributed by atoms with E-state index >= 15 is 0 Å². The van der Waals surface area contributed by atoms with Gasteiger partial charge in [-0.1, -0.05) is 6.07 Å². The second kappa shape index (κ2) is 4.63. The second-order valence-corrected chi connectivity index (χ2v) is 6.51. The van der Waals surface area contributed by atoms with E-state index in [9.17, 15) is 26.4 Å². The predicted octanol–water partition coefficient (Wildman–Crippen LogP) is 2.46. The minimum absolute atomic E-state index is 0.236. The Labute approximate surface area is 108 Å². The largest absolute Gasteiger partial charge is 0.416 e. The first-order chi connectivity index (χ1) is 8.70. The van der Waals surface area contributed by atoms with Gasteiger partial charge in [-0.15, -0.1) is 0 Å². The minimum atomic E-state index is -4.61. The Kier molecular flexibility index (Phi) is 3.42. The van der Waals surface area contributed by atoms with Crippen LogP contribution in [0.25, 0.3) is 0 Å².